The van der Waals surface area contributed by atoms with Gasteiger partial charge in [-0.15, -0.1) is 0 Å². The van der Waals surface area contributed by atoms with Crippen molar-refractivity contribution in [1.82, 2.24) is 0 Å². The van der Waals surface area contributed by atoms with Crippen LogP contribution < -0.4 is 10.5 Å². The van der Waals surface area contributed by atoms with Crippen molar-refractivity contribution in [2.75, 3.05) is 6.61 Å². The summed E-state index contributed by atoms with van der Waals surface area (Å²) in [6.07, 6.45) is 0.887. The van der Waals surface area contributed by atoms with Crippen LogP contribution in [0.1, 0.15) is 17.2 Å². The lowest BCUT2D eigenvalue weighted by atomic mass is 10.0. The average molecular weight is 193 g/mol. The fraction of sp³-hybridized carbons (Fsp3) is 0.300. The molecular weight excluding hydrogens is 182 g/mol. The molecule has 0 aromatic heterocycles. The van der Waals surface area contributed by atoms with Gasteiger partial charge in [-0.1, -0.05) is 12.1 Å². The molecule has 14 heavy (non-hydrogen) atoms. The molecule has 4 nitrogen and oxygen atoms in total. The summed E-state index contributed by atoms with van der Waals surface area (Å²) in [6.45, 7) is 0.668. The molecule has 0 spiro atoms. The molecule has 1 atom stereocenters. The van der Waals surface area contributed by atoms with E-state index in [1.807, 2.05) is 6.07 Å². The van der Waals surface area contributed by atoms with Gasteiger partial charge in [0, 0.05) is 6.42 Å². The van der Waals surface area contributed by atoms with Gasteiger partial charge >= 0.3 is 5.97 Å². The second-order valence-corrected chi connectivity index (χ2v) is 3.28. The zero-order valence-corrected chi connectivity index (χ0v) is 7.56. The van der Waals surface area contributed by atoms with Crippen molar-refractivity contribution in [3.8, 4) is 5.75 Å². The summed E-state index contributed by atoms with van der Waals surface area (Å²) < 4.78 is 5.32. The van der Waals surface area contributed by atoms with Crippen molar-refractivity contribution in [2.24, 2.45) is 5.73 Å². The van der Waals surface area contributed by atoms with Gasteiger partial charge in [-0.25, -0.2) is 0 Å². The molecule has 0 fully saturated rings. The Kier molecular flexibility index (Phi) is 2.13. The minimum absolute atomic E-state index is 0.582. The minimum atomic E-state index is -1.03. The van der Waals surface area contributed by atoms with Gasteiger partial charge in [0.2, 0.25) is 0 Å². The Morgan fingerprint density at radius 1 is 1.57 bits per heavy atom. The van der Waals surface area contributed by atoms with E-state index in [1.54, 1.807) is 12.1 Å². The summed E-state index contributed by atoms with van der Waals surface area (Å²) in [5.74, 6) is -0.262. The monoisotopic (exact) mass is 193 g/mol. The number of aliphatic carboxylic acids is 1. The number of ether oxygens (including phenoxy) is 1. The van der Waals surface area contributed by atoms with Gasteiger partial charge < -0.3 is 15.6 Å². The van der Waals surface area contributed by atoms with E-state index in [1.165, 1.54) is 0 Å². The normalized spacial score (nSPS) is 15.8. The van der Waals surface area contributed by atoms with Crippen molar-refractivity contribution in [3.63, 3.8) is 0 Å². The average Bonchev–Trinajstić information content (AvgIpc) is 2.62. The lowest BCUT2D eigenvalue weighted by Crippen LogP contribution is -2.20. The van der Waals surface area contributed by atoms with Crippen molar-refractivity contribution in [1.29, 1.82) is 0 Å². The highest BCUT2D eigenvalue weighted by Crippen LogP contribution is 2.27. The predicted octanol–water partition coefficient (Wildman–Crippen LogP) is 0.706. The van der Waals surface area contributed by atoms with E-state index in [4.69, 9.17) is 15.6 Å². The largest absolute Gasteiger partial charge is 0.493 e. The molecule has 1 aromatic rings. The first kappa shape index (κ1) is 9.02. The summed E-state index contributed by atoms with van der Waals surface area (Å²) in [5.41, 5.74) is 7.18. The van der Waals surface area contributed by atoms with Gasteiger partial charge in [-0.3, -0.25) is 4.79 Å². The molecular formula is C10H11NO3. The summed E-state index contributed by atoms with van der Waals surface area (Å²) in [4.78, 5) is 10.6. The van der Waals surface area contributed by atoms with Gasteiger partial charge in [-0.2, -0.15) is 0 Å². The quantitative estimate of drug-likeness (QED) is 0.725. The van der Waals surface area contributed by atoms with E-state index in [2.05, 4.69) is 0 Å². The SMILES string of the molecule is N[C@@H](C(=O)O)c1ccc2c(c1)OCC2. The maximum Gasteiger partial charge on any atom is 0.325 e. The molecule has 4 heteroatoms. The Bertz CT molecular complexity index is 376. The van der Waals surface area contributed by atoms with Gasteiger partial charge in [-0.05, 0) is 17.2 Å². The van der Waals surface area contributed by atoms with Gasteiger partial charge in [0.15, 0.2) is 0 Å². The Labute approximate surface area is 81.3 Å². The van der Waals surface area contributed by atoms with Crippen LogP contribution in [-0.4, -0.2) is 17.7 Å². The fourth-order valence-electron chi connectivity index (χ4n) is 1.52. The Morgan fingerprint density at radius 3 is 3.07 bits per heavy atom. The van der Waals surface area contributed by atoms with Crippen LogP contribution >= 0.6 is 0 Å². The molecule has 0 bridgehead atoms. The van der Waals surface area contributed by atoms with Crippen molar-refractivity contribution in [2.45, 2.75) is 12.5 Å². The number of rotatable bonds is 2. The zero-order valence-electron chi connectivity index (χ0n) is 7.56. The Hall–Kier alpha value is -1.55. The smallest absolute Gasteiger partial charge is 0.325 e. The van der Waals surface area contributed by atoms with Crippen LogP contribution in [0.5, 0.6) is 5.75 Å². The first-order valence-electron chi connectivity index (χ1n) is 4.42. The van der Waals surface area contributed by atoms with Gasteiger partial charge in [0.25, 0.3) is 0 Å². The molecule has 0 radical (unpaired) electrons. The third-order valence-corrected chi connectivity index (χ3v) is 2.35. The molecule has 0 amide bonds. The van der Waals surface area contributed by atoms with Gasteiger partial charge in [0.1, 0.15) is 11.8 Å². The standard InChI is InChI=1S/C10H11NO3/c11-9(10(12)13)7-2-1-6-3-4-14-8(6)5-7/h1-2,5,9H,3-4,11H2,(H,12,13)/t9-/m1/s1. The van der Waals surface area contributed by atoms with Crippen molar-refractivity contribution >= 4 is 5.97 Å². The topological polar surface area (TPSA) is 72.6 Å². The van der Waals surface area contributed by atoms with Crippen LogP contribution in [0.25, 0.3) is 0 Å². The first-order chi connectivity index (χ1) is 6.68. The highest BCUT2D eigenvalue weighted by Gasteiger charge is 2.18. The fourth-order valence-corrected chi connectivity index (χ4v) is 1.52. The second-order valence-electron chi connectivity index (χ2n) is 3.28. The molecule has 3 N–H and O–H groups in total. The second kappa shape index (κ2) is 3.31. The zero-order chi connectivity index (χ0) is 10.1. The lowest BCUT2D eigenvalue weighted by Gasteiger charge is -2.08. The molecule has 1 aliphatic heterocycles. The third kappa shape index (κ3) is 1.44. The maximum absolute atomic E-state index is 10.6. The molecule has 0 unspecified atom stereocenters. The molecule has 0 saturated heterocycles. The van der Waals surface area contributed by atoms with Crippen LogP contribution in [0.3, 0.4) is 0 Å². The molecule has 0 aliphatic carbocycles. The molecule has 0 saturated carbocycles. The maximum atomic E-state index is 10.6. The summed E-state index contributed by atoms with van der Waals surface area (Å²) >= 11 is 0. The van der Waals surface area contributed by atoms with E-state index in [9.17, 15) is 4.79 Å². The van der Waals surface area contributed by atoms with Gasteiger partial charge in [0.05, 0.1) is 6.61 Å². The van der Waals surface area contributed by atoms with E-state index in [0.717, 1.165) is 17.7 Å². The Morgan fingerprint density at radius 2 is 2.36 bits per heavy atom. The number of hydrogen-bond donors (Lipinski definition) is 2. The molecule has 1 heterocycles. The highest BCUT2D eigenvalue weighted by atomic mass is 16.5. The summed E-state index contributed by atoms with van der Waals surface area (Å²) in [7, 11) is 0. The summed E-state index contributed by atoms with van der Waals surface area (Å²) in [5, 5.41) is 8.72. The molecule has 2 rings (SSSR count). The number of carboxylic acids is 1. The number of nitrogens with two attached hydrogens (primary N) is 1. The number of fused-ring (bicyclic) bond motifs is 1. The number of benzene rings is 1. The van der Waals surface area contributed by atoms with Crippen LogP contribution in [0.2, 0.25) is 0 Å². The van der Waals surface area contributed by atoms with Crippen molar-refractivity contribution in [3.05, 3.63) is 29.3 Å². The molecule has 74 valence electrons. The van der Waals surface area contributed by atoms with E-state index < -0.39 is 12.0 Å². The Balaban J connectivity index is 2.33. The highest BCUT2D eigenvalue weighted by molar-refractivity contribution is 5.75. The predicted molar refractivity (Wildman–Crippen MR) is 50.2 cm³/mol. The van der Waals surface area contributed by atoms with E-state index in [-0.39, 0.29) is 0 Å². The van der Waals surface area contributed by atoms with E-state index >= 15 is 0 Å². The lowest BCUT2D eigenvalue weighted by molar-refractivity contribution is -0.138. The number of carboxylic acid groups (broad SMARTS) is 1. The minimum Gasteiger partial charge on any atom is -0.493 e. The summed E-state index contributed by atoms with van der Waals surface area (Å²) in [6, 6.07) is 4.36. The number of carbonyl (C=O) groups is 1. The molecule has 1 aromatic carbocycles. The van der Waals surface area contributed by atoms with Crippen LogP contribution in [0.15, 0.2) is 18.2 Å². The van der Waals surface area contributed by atoms with Crippen molar-refractivity contribution < 1.29 is 14.6 Å². The first-order valence-corrected chi connectivity index (χ1v) is 4.42. The molecule has 1 aliphatic rings. The van der Waals surface area contributed by atoms with Crippen LogP contribution in [0, 0.1) is 0 Å². The van der Waals surface area contributed by atoms with Crippen LogP contribution in [0.4, 0.5) is 0 Å². The van der Waals surface area contributed by atoms with E-state index in [0.29, 0.717) is 12.2 Å². The van der Waals surface area contributed by atoms with Crippen LogP contribution in [-0.2, 0) is 11.2 Å². The number of hydrogen-bond acceptors (Lipinski definition) is 3. The third-order valence-electron chi connectivity index (χ3n) is 2.35.